The molecule has 1 aliphatic carbocycles. The normalized spacial score (nSPS) is 18.2. The summed E-state index contributed by atoms with van der Waals surface area (Å²) < 4.78 is 2.25. The number of hydrogen-bond donors (Lipinski definition) is 1. The fourth-order valence-electron chi connectivity index (χ4n) is 2.69. The van der Waals surface area contributed by atoms with Gasteiger partial charge in [-0.1, -0.05) is 6.42 Å². The van der Waals surface area contributed by atoms with Crippen LogP contribution in [0.4, 0.5) is 0 Å². The maximum Gasteiger partial charge on any atom is 0.194 e. The molecule has 0 spiro atoms. The second kappa shape index (κ2) is 4.67. The van der Waals surface area contributed by atoms with E-state index >= 15 is 0 Å². The van der Waals surface area contributed by atoms with Crippen LogP contribution < -0.4 is 5.32 Å². The van der Waals surface area contributed by atoms with Gasteiger partial charge in [-0.25, -0.2) is 4.98 Å². The lowest BCUT2D eigenvalue weighted by molar-refractivity contribution is 0.239. The summed E-state index contributed by atoms with van der Waals surface area (Å²) in [4.78, 5) is 7.08. The molecule has 18 heavy (non-hydrogen) atoms. The molecule has 2 heterocycles. The van der Waals surface area contributed by atoms with Gasteiger partial charge in [-0.15, -0.1) is 11.3 Å². The molecule has 0 aliphatic heterocycles. The predicted molar refractivity (Wildman–Crippen MR) is 76.2 cm³/mol. The number of imidazole rings is 1. The highest BCUT2D eigenvalue weighted by Crippen LogP contribution is 2.29. The quantitative estimate of drug-likeness (QED) is 0.917. The summed E-state index contributed by atoms with van der Waals surface area (Å²) in [6.45, 7) is 7.50. The van der Waals surface area contributed by atoms with E-state index in [1.54, 1.807) is 11.3 Å². The van der Waals surface area contributed by atoms with Crippen molar-refractivity contribution in [3.63, 3.8) is 0 Å². The fraction of sp³-hybridized carbons (Fsp3) is 0.643. The Hall–Kier alpha value is -0.870. The second-order valence-corrected chi connectivity index (χ2v) is 6.71. The predicted octanol–water partition coefficient (Wildman–Crippen LogP) is 3.29. The van der Waals surface area contributed by atoms with Crippen molar-refractivity contribution in [3.8, 4) is 0 Å². The molecule has 0 radical (unpaired) electrons. The zero-order valence-corrected chi connectivity index (χ0v) is 12.2. The molecular formula is C14H21N3S. The SMILES string of the molecule is Cc1cn2c(CNC(C)C3CCC3)c(C)nc2s1. The first-order valence-corrected chi connectivity index (χ1v) is 7.64. The number of aromatic nitrogens is 2. The van der Waals surface area contributed by atoms with E-state index in [9.17, 15) is 0 Å². The summed E-state index contributed by atoms with van der Waals surface area (Å²) in [5.74, 6) is 0.887. The molecule has 0 aromatic carbocycles. The minimum atomic E-state index is 0.628. The third-order valence-electron chi connectivity index (χ3n) is 4.19. The molecule has 4 heteroatoms. The van der Waals surface area contributed by atoms with E-state index in [0.717, 1.165) is 23.1 Å². The molecule has 3 nitrogen and oxygen atoms in total. The fourth-order valence-corrected chi connectivity index (χ4v) is 3.58. The Balaban J connectivity index is 1.74. The summed E-state index contributed by atoms with van der Waals surface area (Å²) in [7, 11) is 0. The maximum absolute atomic E-state index is 4.63. The Morgan fingerprint density at radius 1 is 1.50 bits per heavy atom. The first-order valence-electron chi connectivity index (χ1n) is 6.82. The maximum atomic E-state index is 4.63. The van der Waals surface area contributed by atoms with Gasteiger partial charge in [0.05, 0.1) is 11.4 Å². The Bertz CT molecular complexity index is 551. The molecule has 1 unspecified atom stereocenters. The standard InChI is InChI=1S/C14H21N3S/c1-9-8-17-13(11(3)16-14(17)18-9)7-15-10(2)12-5-4-6-12/h8,10,12,15H,4-7H2,1-3H3. The molecule has 1 atom stereocenters. The van der Waals surface area contributed by atoms with E-state index in [1.165, 1.54) is 29.8 Å². The van der Waals surface area contributed by atoms with Gasteiger partial charge in [-0.05, 0) is 39.5 Å². The zero-order chi connectivity index (χ0) is 12.7. The van der Waals surface area contributed by atoms with Gasteiger partial charge in [-0.3, -0.25) is 4.40 Å². The monoisotopic (exact) mass is 263 g/mol. The Kier molecular flexibility index (Phi) is 3.16. The number of nitrogens with one attached hydrogen (secondary N) is 1. The Morgan fingerprint density at radius 2 is 2.28 bits per heavy atom. The van der Waals surface area contributed by atoms with Crippen LogP contribution in [0.25, 0.3) is 4.96 Å². The largest absolute Gasteiger partial charge is 0.308 e. The van der Waals surface area contributed by atoms with Crippen molar-refractivity contribution in [1.82, 2.24) is 14.7 Å². The minimum Gasteiger partial charge on any atom is -0.308 e. The summed E-state index contributed by atoms with van der Waals surface area (Å²) in [6, 6.07) is 0.628. The van der Waals surface area contributed by atoms with E-state index in [-0.39, 0.29) is 0 Å². The minimum absolute atomic E-state index is 0.628. The van der Waals surface area contributed by atoms with Gasteiger partial charge in [0, 0.05) is 23.7 Å². The zero-order valence-electron chi connectivity index (χ0n) is 11.4. The second-order valence-electron chi connectivity index (χ2n) is 5.50. The third-order valence-corrected chi connectivity index (χ3v) is 5.09. The van der Waals surface area contributed by atoms with E-state index in [2.05, 4.69) is 41.7 Å². The molecule has 1 fully saturated rings. The number of hydrogen-bond acceptors (Lipinski definition) is 3. The van der Waals surface area contributed by atoms with Gasteiger partial charge in [0.25, 0.3) is 0 Å². The van der Waals surface area contributed by atoms with Gasteiger partial charge in [0.2, 0.25) is 0 Å². The lowest BCUT2D eigenvalue weighted by Gasteiger charge is -2.32. The van der Waals surface area contributed by atoms with Crippen LogP contribution in [0.5, 0.6) is 0 Å². The molecule has 2 aromatic heterocycles. The number of aryl methyl sites for hydroxylation is 2. The molecule has 1 N–H and O–H groups in total. The number of nitrogens with zero attached hydrogens (tertiary/aromatic N) is 2. The lowest BCUT2D eigenvalue weighted by Crippen LogP contribution is -2.36. The van der Waals surface area contributed by atoms with Crippen LogP contribution in [0.15, 0.2) is 6.20 Å². The average Bonchev–Trinajstić information content (AvgIpc) is 2.68. The third kappa shape index (κ3) is 2.08. The molecule has 0 amide bonds. The van der Waals surface area contributed by atoms with Gasteiger partial charge >= 0.3 is 0 Å². The van der Waals surface area contributed by atoms with Crippen molar-refractivity contribution in [2.24, 2.45) is 5.92 Å². The van der Waals surface area contributed by atoms with E-state index in [4.69, 9.17) is 0 Å². The summed E-state index contributed by atoms with van der Waals surface area (Å²) >= 11 is 1.77. The first-order chi connectivity index (χ1) is 8.65. The number of thiazole rings is 1. The van der Waals surface area contributed by atoms with Crippen molar-refractivity contribution in [2.45, 2.75) is 52.6 Å². The van der Waals surface area contributed by atoms with Crippen LogP contribution in [0.3, 0.4) is 0 Å². The van der Waals surface area contributed by atoms with Crippen LogP contribution in [0, 0.1) is 19.8 Å². The highest BCUT2D eigenvalue weighted by atomic mass is 32.1. The van der Waals surface area contributed by atoms with Crippen molar-refractivity contribution in [3.05, 3.63) is 22.5 Å². The molecule has 1 aliphatic rings. The smallest absolute Gasteiger partial charge is 0.194 e. The van der Waals surface area contributed by atoms with Crippen molar-refractivity contribution in [2.75, 3.05) is 0 Å². The van der Waals surface area contributed by atoms with Crippen molar-refractivity contribution < 1.29 is 0 Å². The number of rotatable bonds is 4. The van der Waals surface area contributed by atoms with Crippen LogP contribution in [-0.4, -0.2) is 15.4 Å². The van der Waals surface area contributed by atoms with E-state index in [0.29, 0.717) is 6.04 Å². The van der Waals surface area contributed by atoms with E-state index < -0.39 is 0 Å². The number of fused-ring (bicyclic) bond motifs is 1. The van der Waals surface area contributed by atoms with Crippen LogP contribution in [0.1, 0.15) is 42.5 Å². The Labute approximate surface area is 112 Å². The van der Waals surface area contributed by atoms with Crippen LogP contribution >= 0.6 is 11.3 Å². The average molecular weight is 263 g/mol. The van der Waals surface area contributed by atoms with Gasteiger partial charge < -0.3 is 5.32 Å². The highest BCUT2D eigenvalue weighted by Gasteiger charge is 2.23. The van der Waals surface area contributed by atoms with Crippen LogP contribution in [0.2, 0.25) is 0 Å². The molecule has 2 aromatic rings. The topological polar surface area (TPSA) is 29.3 Å². The summed E-state index contributed by atoms with van der Waals surface area (Å²) in [5, 5.41) is 3.67. The lowest BCUT2D eigenvalue weighted by atomic mass is 9.80. The van der Waals surface area contributed by atoms with Crippen molar-refractivity contribution in [1.29, 1.82) is 0 Å². The summed E-state index contributed by atoms with van der Waals surface area (Å²) in [5.41, 5.74) is 2.48. The van der Waals surface area contributed by atoms with Gasteiger partial charge in [0.1, 0.15) is 0 Å². The molecule has 1 saturated carbocycles. The molecule has 98 valence electrons. The molecule has 0 bridgehead atoms. The van der Waals surface area contributed by atoms with Gasteiger partial charge in [-0.2, -0.15) is 0 Å². The highest BCUT2D eigenvalue weighted by molar-refractivity contribution is 7.17. The van der Waals surface area contributed by atoms with E-state index in [1.807, 2.05) is 0 Å². The summed E-state index contributed by atoms with van der Waals surface area (Å²) in [6.07, 6.45) is 6.40. The molecular weight excluding hydrogens is 242 g/mol. The van der Waals surface area contributed by atoms with Crippen molar-refractivity contribution >= 4 is 16.3 Å². The van der Waals surface area contributed by atoms with Gasteiger partial charge in [0.15, 0.2) is 4.96 Å². The first kappa shape index (κ1) is 12.2. The molecule has 0 saturated heterocycles. The molecule has 3 rings (SSSR count). The van der Waals surface area contributed by atoms with Crippen LogP contribution in [-0.2, 0) is 6.54 Å². The Morgan fingerprint density at radius 3 is 2.94 bits per heavy atom.